The van der Waals surface area contributed by atoms with Crippen molar-refractivity contribution < 1.29 is 9.59 Å². The summed E-state index contributed by atoms with van der Waals surface area (Å²) in [6, 6.07) is -0.361. The maximum absolute atomic E-state index is 11.4. The molecule has 0 aromatic rings. The van der Waals surface area contributed by atoms with Crippen molar-refractivity contribution in [3.63, 3.8) is 0 Å². The Kier molecular flexibility index (Phi) is 5.81. The quantitative estimate of drug-likeness (QED) is 0.584. The van der Waals surface area contributed by atoms with E-state index in [2.05, 4.69) is 10.2 Å². The van der Waals surface area contributed by atoms with Gasteiger partial charge in [-0.15, -0.1) is 0 Å². The summed E-state index contributed by atoms with van der Waals surface area (Å²) in [5.41, 5.74) is 5.26. The highest BCUT2D eigenvalue weighted by atomic mass is 16.2. The number of carbonyl (C=O) groups excluding carboxylic acids is 2. The first-order valence-electron chi connectivity index (χ1n) is 5.70. The van der Waals surface area contributed by atoms with Crippen LogP contribution in [0.15, 0.2) is 0 Å². The Morgan fingerprint density at radius 3 is 2.69 bits per heavy atom. The van der Waals surface area contributed by atoms with Crippen LogP contribution >= 0.6 is 0 Å². The van der Waals surface area contributed by atoms with E-state index in [1.165, 1.54) is 12.8 Å². The first kappa shape index (κ1) is 12.9. The van der Waals surface area contributed by atoms with E-state index in [1.807, 2.05) is 0 Å². The van der Waals surface area contributed by atoms with E-state index in [-0.39, 0.29) is 6.03 Å². The summed E-state index contributed by atoms with van der Waals surface area (Å²) in [7, 11) is 0. The molecule has 0 aliphatic carbocycles. The van der Waals surface area contributed by atoms with Crippen LogP contribution in [0.5, 0.6) is 0 Å². The summed E-state index contributed by atoms with van der Waals surface area (Å²) in [6.07, 6.45) is 2.99. The molecule has 6 heteroatoms. The molecule has 6 nitrogen and oxygen atoms in total. The molecular formula is C10H20N4O2. The van der Waals surface area contributed by atoms with E-state index in [0.29, 0.717) is 26.0 Å². The zero-order chi connectivity index (χ0) is 11.8. The van der Waals surface area contributed by atoms with E-state index in [1.54, 1.807) is 0 Å². The number of rotatable bonds is 6. The molecule has 0 saturated carbocycles. The lowest BCUT2D eigenvalue weighted by Crippen LogP contribution is -2.44. The lowest BCUT2D eigenvalue weighted by Gasteiger charge is -2.20. The number of amides is 3. The number of likely N-dealkylation sites (tertiary alicyclic amines) is 1. The summed E-state index contributed by atoms with van der Waals surface area (Å²) in [5, 5.41) is 2.57. The SMILES string of the molecule is NCCNC(=O)N(C=O)CCN1CCCC1. The van der Waals surface area contributed by atoms with Crippen LogP contribution in [0, 0.1) is 0 Å². The minimum atomic E-state index is -0.361. The third-order valence-corrected chi connectivity index (χ3v) is 2.66. The number of nitrogens with zero attached hydrogens (tertiary/aromatic N) is 2. The van der Waals surface area contributed by atoms with Gasteiger partial charge in [0.05, 0.1) is 0 Å². The minimum absolute atomic E-state index is 0.361. The van der Waals surface area contributed by atoms with Gasteiger partial charge < -0.3 is 16.0 Å². The minimum Gasteiger partial charge on any atom is -0.336 e. The first-order valence-corrected chi connectivity index (χ1v) is 5.70. The van der Waals surface area contributed by atoms with Gasteiger partial charge in [-0.25, -0.2) is 4.79 Å². The molecule has 3 N–H and O–H groups in total. The van der Waals surface area contributed by atoms with Crippen LogP contribution in [0.2, 0.25) is 0 Å². The van der Waals surface area contributed by atoms with Crippen LogP contribution in [-0.2, 0) is 4.79 Å². The predicted molar refractivity (Wildman–Crippen MR) is 60.9 cm³/mol. The number of imide groups is 1. The molecule has 1 heterocycles. The first-order chi connectivity index (χ1) is 7.77. The largest absolute Gasteiger partial charge is 0.336 e. The zero-order valence-electron chi connectivity index (χ0n) is 9.52. The highest BCUT2D eigenvalue weighted by Crippen LogP contribution is 2.06. The van der Waals surface area contributed by atoms with Crippen molar-refractivity contribution in [3.8, 4) is 0 Å². The van der Waals surface area contributed by atoms with Crippen molar-refractivity contribution in [2.75, 3.05) is 39.3 Å². The molecule has 0 spiro atoms. The Morgan fingerprint density at radius 1 is 1.44 bits per heavy atom. The van der Waals surface area contributed by atoms with Crippen molar-refractivity contribution >= 4 is 12.4 Å². The van der Waals surface area contributed by atoms with E-state index in [9.17, 15) is 9.59 Å². The van der Waals surface area contributed by atoms with Gasteiger partial charge in [0.15, 0.2) is 0 Å². The Morgan fingerprint density at radius 2 is 2.12 bits per heavy atom. The van der Waals surface area contributed by atoms with Crippen molar-refractivity contribution in [2.45, 2.75) is 12.8 Å². The fourth-order valence-corrected chi connectivity index (χ4v) is 1.74. The topological polar surface area (TPSA) is 78.7 Å². The lowest BCUT2D eigenvalue weighted by atomic mass is 10.4. The summed E-state index contributed by atoms with van der Waals surface area (Å²) >= 11 is 0. The van der Waals surface area contributed by atoms with Crippen molar-refractivity contribution in [1.29, 1.82) is 0 Å². The van der Waals surface area contributed by atoms with Gasteiger partial charge in [0.25, 0.3) is 0 Å². The van der Waals surface area contributed by atoms with E-state index >= 15 is 0 Å². The van der Waals surface area contributed by atoms with Gasteiger partial charge >= 0.3 is 6.03 Å². The molecule has 1 fully saturated rings. The molecule has 1 saturated heterocycles. The molecule has 3 amide bonds. The monoisotopic (exact) mass is 228 g/mol. The van der Waals surface area contributed by atoms with Gasteiger partial charge in [-0.3, -0.25) is 9.69 Å². The van der Waals surface area contributed by atoms with Gasteiger partial charge in [-0.05, 0) is 25.9 Å². The third kappa shape index (κ3) is 4.16. The Labute approximate surface area is 95.8 Å². The highest BCUT2D eigenvalue weighted by molar-refractivity contribution is 5.84. The van der Waals surface area contributed by atoms with Crippen LogP contribution in [0.3, 0.4) is 0 Å². The maximum Gasteiger partial charge on any atom is 0.323 e. The highest BCUT2D eigenvalue weighted by Gasteiger charge is 2.15. The molecule has 0 unspecified atom stereocenters. The molecule has 1 aliphatic rings. The van der Waals surface area contributed by atoms with E-state index in [4.69, 9.17) is 5.73 Å². The number of hydrogen-bond donors (Lipinski definition) is 2. The van der Waals surface area contributed by atoms with Gasteiger partial charge in [-0.1, -0.05) is 0 Å². The Bertz CT molecular complexity index is 229. The standard InChI is InChI=1S/C10H20N4O2/c11-3-4-12-10(16)14(9-15)8-7-13-5-1-2-6-13/h9H,1-8,11H2,(H,12,16). The summed E-state index contributed by atoms with van der Waals surface area (Å²) in [4.78, 5) is 25.6. The summed E-state index contributed by atoms with van der Waals surface area (Å²) in [6.45, 7) is 4.11. The maximum atomic E-state index is 11.4. The van der Waals surface area contributed by atoms with Crippen molar-refractivity contribution in [3.05, 3.63) is 0 Å². The smallest absolute Gasteiger partial charge is 0.323 e. The van der Waals surface area contributed by atoms with Crippen LogP contribution in [0.1, 0.15) is 12.8 Å². The molecule has 1 aliphatic heterocycles. The molecule has 16 heavy (non-hydrogen) atoms. The zero-order valence-corrected chi connectivity index (χ0v) is 9.52. The molecule has 0 atom stereocenters. The average Bonchev–Trinajstić information content (AvgIpc) is 2.80. The fraction of sp³-hybridized carbons (Fsp3) is 0.800. The molecule has 0 aromatic heterocycles. The van der Waals surface area contributed by atoms with Crippen LogP contribution in [0.25, 0.3) is 0 Å². The van der Waals surface area contributed by atoms with Gasteiger partial charge in [-0.2, -0.15) is 0 Å². The van der Waals surface area contributed by atoms with Gasteiger partial charge in [0.1, 0.15) is 0 Å². The lowest BCUT2D eigenvalue weighted by molar-refractivity contribution is -0.115. The van der Waals surface area contributed by atoms with Crippen molar-refractivity contribution in [2.24, 2.45) is 5.73 Å². The number of nitrogens with two attached hydrogens (primary N) is 1. The Balaban J connectivity index is 2.24. The molecular weight excluding hydrogens is 208 g/mol. The normalized spacial score (nSPS) is 16.1. The van der Waals surface area contributed by atoms with E-state index in [0.717, 1.165) is 24.5 Å². The number of hydrogen-bond acceptors (Lipinski definition) is 4. The summed E-state index contributed by atoms with van der Waals surface area (Å²) in [5.74, 6) is 0. The van der Waals surface area contributed by atoms with Gasteiger partial charge in [0, 0.05) is 26.2 Å². The second kappa shape index (κ2) is 7.19. The molecule has 1 rings (SSSR count). The van der Waals surface area contributed by atoms with Crippen molar-refractivity contribution in [1.82, 2.24) is 15.1 Å². The van der Waals surface area contributed by atoms with Crippen LogP contribution in [0.4, 0.5) is 4.79 Å². The Hall–Kier alpha value is -1.14. The number of nitrogens with one attached hydrogen (secondary N) is 1. The molecule has 92 valence electrons. The molecule has 0 bridgehead atoms. The second-order valence-corrected chi connectivity index (χ2v) is 3.87. The molecule has 0 radical (unpaired) electrons. The predicted octanol–water partition coefficient (Wildman–Crippen LogP) is -0.791. The second-order valence-electron chi connectivity index (χ2n) is 3.87. The van der Waals surface area contributed by atoms with Crippen LogP contribution < -0.4 is 11.1 Å². The number of urea groups is 1. The van der Waals surface area contributed by atoms with E-state index < -0.39 is 0 Å². The van der Waals surface area contributed by atoms with Gasteiger partial charge in [0.2, 0.25) is 6.41 Å². The average molecular weight is 228 g/mol. The van der Waals surface area contributed by atoms with Crippen LogP contribution in [-0.4, -0.2) is 61.5 Å². The molecule has 0 aromatic carbocycles. The fourth-order valence-electron chi connectivity index (χ4n) is 1.74. The number of carbonyl (C=O) groups is 2. The summed E-state index contributed by atoms with van der Waals surface area (Å²) < 4.78 is 0. The third-order valence-electron chi connectivity index (χ3n) is 2.66.